The normalized spacial score (nSPS) is 14.8. The Morgan fingerprint density at radius 2 is 1.83 bits per heavy atom. The van der Waals surface area contributed by atoms with Gasteiger partial charge < -0.3 is 15.1 Å². The van der Waals surface area contributed by atoms with E-state index in [0.29, 0.717) is 24.9 Å². The van der Waals surface area contributed by atoms with Gasteiger partial charge in [-0.05, 0) is 26.0 Å². The number of aromatic nitrogens is 2. The summed E-state index contributed by atoms with van der Waals surface area (Å²) >= 11 is 0. The molecular weight excluding hydrogens is 416 g/mol. The minimum absolute atomic E-state index is 0.243. The van der Waals surface area contributed by atoms with Crippen molar-refractivity contribution >= 4 is 27.5 Å². The summed E-state index contributed by atoms with van der Waals surface area (Å²) in [6, 6.07) is 6.91. The predicted molar refractivity (Wildman–Crippen MR) is 109 cm³/mol. The minimum Gasteiger partial charge on any atom is -0.370 e. The van der Waals surface area contributed by atoms with Crippen LogP contribution in [-0.2, 0) is 9.84 Å². The molecule has 1 fully saturated rings. The number of nitrogens with one attached hydrogen (secondary N) is 1. The van der Waals surface area contributed by atoms with Crippen LogP contribution in [0, 0.1) is 6.92 Å². The minimum atomic E-state index is -4.88. The second kappa shape index (κ2) is 8.90. The second-order valence-corrected chi connectivity index (χ2v) is 8.69. The first kappa shape index (κ1) is 21.9. The predicted octanol–water partition coefficient (Wildman–Crippen LogP) is 2.18. The van der Waals surface area contributed by atoms with E-state index in [1.54, 1.807) is 0 Å². The van der Waals surface area contributed by atoms with Gasteiger partial charge in [-0.1, -0.05) is 12.1 Å². The molecule has 0 aliphatic carbocycles. The summed E-state index contributed by atoms with van der Waals surface area (Å²) in [6.45, 7) is 6.00. The quantitative estimate of drug-likeness (QED) is 0.737. The first-order chi connectivity index (χ1) is 14.2. The van der Waals surface area contributed by atoms with Crippen LogP contribution in [0.3, 0.4) is 0 Å². The molecular formula is C19H23F2N5O3S. The van der Waals surface area contributed by atoms with E-state index in [1.807, 2.05) is 24.8 Å². The van der Waals surface area contributed by atoms with Gasteiger partial charge in [-0.2, -0.15) is 13.8 Å². The van der Waals surface area contributed by atoms with Gasteiger partial charge in [0.1, 0.15) is 5.82 Å². The van der Waals surface area contributed by atoms with Gasteiger partial charge in [0.25, 0.3) is 5.91 Å². The van der Waals surface area contributed by atoms with Crippen molar-refractivity contribution in [1.29, 1.82) is 0 Å². The molecule has 1 aromatic carbocycles. The zero-order valence-electron chi connectivity index (χ0n) is 16.7. The lowest BCUT2D eigenvalue weighted by molar-refractivity contribution is 0.0742. The Morgan fingerprint density at radius 1 is 1.17 bits per heavy atom. The molecule has 2 aromatic rings. The number of hydrogen-bond donors (Lipinski definition) is 1. The lowest BCUT2D eigenvalue weighted by Gasteiger charge is -2.35. The zero-order valence-corrected chi connectivity index (χ0v) is 17.5. The van der Waals surface area contributed by atoms with Gasteiger partial charge >= 0.3 is 5.76 Å². The average Bonchev–Trinajstić information content (AvgIpc) is 2.73. The number of amides is 1. The fourth-order valence-electron chi connectivity index (χ4n) is 3.23. The van der Waals surface area contributed by atoms with Crippen molar-refractivity contribution in [2.24, 2.45) is 0 Å². The number of carbonyl (C=O) groups excluding carboxylic acids is 1. The largest absolute Gasteiger partial charge is 0.370 e. The molecule has 0 unspecified atom stereocenters. The molecule has 1 saturated heterocycles. The molecule has 8 nitrogen and oxygen atoms in total. The average molecular weight is 439 g/mol. The summed E-state index contributed by atoms with van der Waals surface area (Å²) in [7, 11) is -4.88. The number of piperazine rings is 1. The maximum Gasteiger partial charge on any atom is 0.341 e. The standard InChI is InChI=1S/C19H23F2N5O3S/c1-3-22-16-12-13(2)23-19(24-16)26-10-8-25(9-11-26)17(27)14-6-4-5-7-15(14)30(28,29)18(20)21/h4-7,12,18H,3,8-11H2,1-2H3,(H,22,23,24). The third kappa shape index (κ3) is 4.50. The summed E-state index contributed by atoms with van der Waals surface area (Å²) in [5.74, 6) is -2.93. The van der Waals surface area contributed by atoms with Crippen molar-refractivity contribution in [3.8, 4) is 0 Å². The Labute approximate surface area is 173 Å². The van der Waals surface area contributed by atoms with Gasteiger partial charge in [-0.25, -0.2) is 13.4 Å². The van der Waals surface area contributed by atoms with Crippen LogP contribution < -0.4 is 10.2 Å². The van der Waals surface area contributed by atoms with Gasteiger partial charge in [0.15, 0.2) is 0 Å². The number of benzene rings is 1. The molecule has 162 valence electrons. The number of alkyl halides is 2. The van der Waals surface area contributed by atoms with E-state index in [0.717, 1.165) is 18.3 Å². The highest BCUT2D eigenvalue weighted by Gasteiger charge is 2.33. The topological polar surface area (TPSA) is 95.5 Å². The van der Waals surface area contributed by atoms with Crippen molar-refractivity contribution < 1.29 is 22.0 Å². The third-order valence-electron chi connectivity index (χ3n) is 4.71. The van der Waals surface area contributed by atoms with Crippen molar-refractivity contribution in [1.82, 2.24) is 14.9 Å². The van der Waals surface area contributed by atoms with E-state index in [-0.39, 0.29) is 18.7 Å². The summed E-state index contributed by atoms with van der Waals surface area (Å²) in [5.41, 5.74) is 0.563. The monoisotopic (exact) mass is 439 g/mol. The number of hydrogen-bond acceptors (Lipinski definition) is 7. The van der Waals surface area contributed by atoms with E-state index in [1.165, 1.54) is 23.1 Å². The van der Waals surface area contributed by atoms with Crippen LogP contribution in [0.5, 0.6) is 0 Å². The van der Waals surface area contributed by atoms with Gasteiger partial charge in [0, 0.05) is 44.5 Å². The number of halogens is 2. The number of anilines is 2. The lowest BCUT2D eigenvalue weighted by atomic mass is 10.2. The van der Waals surface area contributed by atoms with Gasteiger partial charge in [0.05, 0.1) is 10.5 Å². The molecule has 0 radical (unpaired) electrons. The van der Waals surface area contributed by atoms with Gasteiger partial charge in [-0.3, -0.25) is 4.79 Å². The Hall–Kier alpha value is -2.82. The van der Waals surface area contributed by atoms with Crippen LogP contribution in [0.15, 0.2) is 35.2 Å². The number of nitrogens with zero attached hydrogens (tertiary/aromatic N) is 4. The lowest BCUT2D eigenvalue weighted by Crippen LogP contribution is -2.49. The molecule has 1 amide bonds. The molecule has 3 rings (SSSR count). The maximum atomic E-state index is 13.0. The molecule has 1 aromatic heterocycles. The second-order valence-electron chi connectivity index (χ2n) is 6.81. The zero-order chi connectivity index (χ0) is 21.9. The molecule has 11 heteroatoms. The SMILES string of the molecule is CCNc1cc(C)nc(N2CCN(C(=O)c3ccccc3S(=O)(=O)C(F)F)CC2)n1. The van der Waals surface area contributed by atoms with Crippen LogP contribution in [0.25, 0.3) is 0 Å². The Balaban J connectivity index is 1.76. The van der Waals surface area contributed by atoms with Crippen molar-refractivity contribution in [3.63, 3.8) is 0 Å². The molecule has 0 bridgehead atoms. The van der Waals surface area contributed by atoms with E-state index in [4.69, 9.17) is 0 Å². The summed E-state index contributed by atoms with van der Waals surface area (Å²) < 4.78 is 49.9. The Kier molecular flexibility index (Phi) is 6.49. The van der Waals surface area contributed by atoms with Crippen molar-refractivity contribution in [2.75, 3.05) is 42.9 Å². The van der Waals surface area contributed by atoms with E-state index in [2.05, 4.69) is 15.3 Å². The molecule has 0 saturated carbocycles. The van der Waals surface area contributed by atoms with Crippen LogP contribution in [0.2, 0.25) is 0 Å². The fourth-order valence-corrected chi connectivity index (χ4v) is 4.16. The first-order valence-electron chi connectivity index (χ1n) is 9.49. The van der Waals surface area contributed by atoms with Gasteiger partial charge in [0.2, 0.25) is 15.8 Å². The smallest absolute Gasteiger partial charge is 0.341 e. The highest BCUT2D eigenvalue weighted by Crippen LogP contribution is 2.24. The summed E-state index contributed by atoms with van der Waals surface area (Å²) in [4.78, 5) is 24.5. The number of sulfone groups is 1. The van der Waals surface area contributed by atoms with Crippen LogP contribution >= 0.6 is 0 Å². The highest BCUT2D eigenvalue weighted by molar-refractivity contribution is 7.91. The fraction of sp³-hybridized carbons (Fsp3) is 0.421. The molecule has 1 N–H and O–H groups in total. The van der Waals surface area contributed by atoms with E-state index < -0.39 is 26.4 Å². The van der Waals surface area contributed by atoms with Crippen molar-refractivity contribution in [3.05, 3.63) is 41.6 Å². The molecule has 0 spiro atoms. The van der Waals surface area contributed by atoms with E-state index >= 15 is 0 Å². The van der Waals surface area contributed by atoms with Crippen LogP contribution in [0.4, 0.5) is 20.5 Å². The van der Waals surface area contributed by atoms with E-state index in [9.17, 15) is 22.0 Å². The molecule has 1 aliphatic rings. The van der Waals surface area contributed by atoms with Crippen LogP contribution in [-0.4, -0.2) is 67.7 Å². The molecule has 2 heterocycles. The number of carbonyl (C=O) groups is 1. The number of aryl methyl sites for hydroxylation is 1. The molecule has 1 aliphatic heterocycles. The highest BCUT2D eigenvalue weighted by atomic mass is 32.2. The summed E-state index contributed by atoms with van der Waals surface area (Å²) in [6.07, 6.45) is 0. The van der Waals surface area contributed by atoms with Crippen molar-refractivity contribution in [2.45, 2.75) is 24.5 Å². The molecule has 0 atom stereocenters. The third-order valence-corrected chi connectivity index (χ3v) is 6.15. The first-order valence-corrected chi connectivity index (χ1v) is 11.0. The van der Waals surface area contributed by atoms with Crippen LogP contribution in [0.1, 0.15) is 23.0 Å². The number of rotatable bonds is 6. The maximum absolute atomic E-state index is 13.0. The Bertz CT molecular complexity index is 1020. The van der Waals surface area contributed by atoms with Gasteiger partial charge in [-0.15, -0.1) is 0 Å². The Morgan fingerprint density at radius 3 is 2.47 bits per heavy atom. The molecule has 30 heavy (non-hydrogen) atoms. The summed E-state index contributed by atoms with van der Waals surface area (Å²) in [5, 5.41) is 3.15.